The third-order valence-corrected chi connectivity index (χ3v) is 4.28. The smallest absolute Gasteiger partial charge is 0.121 e. The fourth-order valence-electron chi connectivity index (χ4n) is 2.83. The number of phenols is 1. The van der Waals surface area contributed by atoms with Crippen LogP contribution in [-0.4, -0.2) is 22.8 Å². The lowest BCUT2D eigenvalue weighted by Crippen LogP contribution is -2.33. The molecular formula is C20H27NO2. The Morgan fingerprint density at radius 2 is 1.65 bits per heavy atom. The Morgan fingerprint density at radius 3 is 2.26 bits per heavy atom. The molecule has 23 heavy (non-hydrogen) atoms. The average molecular weight is 313 g/mol. The Kier molecular flexibility index (Phi) is 6.20. The zero-order chi connectivity index (χ0) is 16.8. The second-order valence-corrected chi connectivity index (χ2v) is 6.28. The zero-order valence-corrected chi connectivity index (χ0v) is 14.2. The van der Waals surface area contributed by atoms with Gasteiger partial charge in [-0.3, -0.25) is 0 Å². The van der Waals surface area contributed by atoms with Crippen LogP contribution in [0.4, 0.5) is 0 Å². The van der Waals surface area contributed by atoms with Gasteiger partial charge in [-0.25, -0.2) is 0 Å². The number of rotatable bonds is 7. The predicted molar refractivity (Wildman–Crippen MR) is 94.8 cm³/mol. The molecule has 2 aromatic carbocycles. The van der Waals surface area contributed by atoms with Crippen LogP contribution in [-0.2, 0) is 6.42 Å². The normalized spacial score (nSPS) is 13.7. The van der Waals surface area contributed by atoms with Crippen LogP contribution in [0.5, 0.6) is 5.75 Å². The van der Waals surface area contributed by atoms with E-state index in [9.17, 15) is 10.2 Å². The Hall–Kier alpha value is -1.84. The van der Waals surface area contributed by atoms with E-state index in [4.69, 9.17) is 0 Å². The summed E-state index contributed by atoms with van der Waals surface area (Å²) >= 11 is 0. The second-order valence-electron chi connectivity index (χ2n) is 6.28. The van der Waals surface area contributed by atoms with Crippen molar-refractivity contribution in [3.63, 3.8) is 0 Å². The number of aromatic hydroxyl groups is 1. The van der Waals surface area contributed by atoms with Gasteiger partial charge in [0.15, 0.2) is 0 Å². The average Bonchev–Trinajstić information content (AvgIpc) is 2.56. The zero-order valence-electron chi connectivity index (χ0n) is 14.2. The SMILES string of the molecule is Cc1cc(C(O)C(C)NCCCc2ccccc2)cc(C)c1O. The topological polar surface area (TPSA) is 52.5 Å². The van der Waals surface area contributed by atoms with E-state index in [1.165, 1.54) is 5.56 Å². The first-order valence-electron chi connectivity index (χ1n) is 8.24. The van der Waals surface area contributed by atoms with Crippen LogP contribution in [0.25, 0.3) is 0 Å². The highest BCUT2D eigenvalue weighted by atomic mass is 16.3. The summed E-state index contributed by atoms with van der Waals surface area (Å²) in [7, 11) is 0. The van der Waals surface area contributed by atoms with Crippen molar-refractivity contribution >= 4 is 0 Å². The molecule has 124 valence electrons. The predicted octanol–water partition coefficient (Wildman–Crippen LogP) is 3.65. The molecule has 0 spiro atoms. The van der Waals surface area contributed by atoms with Crippen LogP contribution in [0, 0.1) is 13.8 Å². The molecule has 0 bridgehead atoms. The summed E-state index contributed by atoms with van der Waals surface area (Å²) < 4.78 is 0. The van der Waals surface area contributed by atoms with E-state index < -0.39 is 6.10 Å². The molecule has 2 rings (SSSR count). The summed E-state index contributed by atoms with van der Waals surface area (Å²) in [5.41, 5.74) is 3.79. The number of hydrogen-bond donors (Lipinski definition) is 3. The van der Waals surface area contributed by atoms with Gasteiger partial charge in [0.2, 0.25) is 0 Å². The summed E-state index contributed by atoms with van der Waals surface area (Å²) in [5.74, 6) is 0.310. The van der Waals surface area contributed by atoms with Crippen molar-refractivity contribution in [2.45, 2.75) is 45.8 Å². The molecule has 0 aliphatic heterocycles. The first kappa shape index (κ1) is 17.5. The van der Waals surface area contributed by atoms with Gasteiger partial charge in [0.25, 0.3) is 0 Å². The Morgan fingerprint density at radius 1 is 1.04 bits per heavy atom. The van der Waals surface area contributed by atoms with Gasteiger partial charge in [0, 0.05) is 6.04 Å². The highest BCUT2D eigenvalue weighted by Gasteiger charge is 2.17. The van der Waals surface area contributed by atoms with Gasteiger partial charge < -0.3 is 15.5 Å². The summed E-state index contributed by atoms with van der Waals surface area (Å²) in [4.78, 5) is 0. The van der Waals surface area contributed by atoms with Gasteiger partial charge in [-0.2, -0.15) is 0 Å². The van der Waals surface area contributed by atoms with Crippen LogP contribution < -0.4 is 5.32 Å². The van der Waals surface area contributed by atoms with Gasteiger partial charge in [-0.15, -0.1) is 0 Å². The van der Waals surface area contributed by atoms with Crippen molar-refractivity contribution in [3.8, 4) is 5.75 Å². The van der Waals surface area contributed by atoms with Crippen LogP contribution in [0.1, 0.15) is 41.7 Å². The van der Waals surface area contributed by atoms with Gasteiger partial charge in [0.1, 0.15) is 5.75 Å². The second kappa shape index (κ2) is 8.14. The quantitative estimate of drug-likeness (QED) is 0.684. The molecule has 2 atom stereocenters. The molecule has 3 nitrogen and oxygen atoms in total. The molecule has 0 aromatic heterocycles. The minimum atomic E-state index is -0.579. The van der Waals surface area contributed by atoms with E-state index in [2.05, 4.69) is 29.6 Å². The van der Waals surface area contributed by atoms with Crippen molar-refractivity contribution in [1.82, 2.24) is 5.32 Å². The van der Waals surface area contributed by atoms with E-state index >= 15 is 0 Å². The fourth-order valence-corrected chi connectivity index (χ4v) is 2.83. The minimum Gasteiger partial charge on any atom is -0.507 e. The molecule has 0 radical (unpaired) electrons. The van der Waals surface area contributed by atoms with Crippen molar-refractivity contribution in [2.24, 2.45) is 0 Å². The maximum atomic E-state index is 10.5. The molecule has 3 heteroatoms. The first-order chi connectivity index (χ1) is 11.0. The largest absolute Gasteiger partial charge is 0.507 e. The number of aryl methyl sites for hydroxylation is 3. The Bertz CT molecular complexity index is 602. The van der Waals surface area contributed by atoms with Crippen LogP contribution in [0.3, 0.4) is 0 Å². The lowest BCUT2D eigenvalue weighted by molar-refractivity contribution is 0.136. The molecule has 0 aliphatic carbocycles. The highest BCUT2D eigenvalue weighted by molar-refractivity contribution is 5.43. The third kappa shape index (κ3) is 4.81. The molecule has 0 heterocycles. The van der Waals surface area contributed by atoms with Crippen molar-refractivity contribution in [2.75, 3.05) is 6.54 Å². The van der Waals surface area contributed by atoms with Gasteiger partial charge >= 0.3 is 0 Å². The minimum absolute atomic E-state index is 0.0332. The summed E-state index contributed by atoms with van der Waals surface area (Å²) in [5, 5.41) is 23.7. The number of aliphatic hydroxyl groups excluding tert-OH is 1. The number of benzene rings is 2. The number of phenolic OH excluding ortho intramolecular Hbond substituents is 1. The lowest BCUT2D eigenvalue weighted by Gasteiger charge is -2.22. The van der Waals surface area contributed by atoms with E-state index in [-0.39, 0.29) is 6.04 Å². The van der Waals surface area contributed by atoms with E-state index in [1.54, 1.807) is 0 Å². The number of nitrogens with one attached hydrogen (secondary N) is 1. The van der Waals surface area contributed by atoms with E-state index in [0.717, 1.165) is 36.1 Å². The monoisotopic (exact) mass is 313 g/mol. The van der Waals surface area contributed by atoms with Crippen molar-refractivity contribution < 1.29 is 10.2 Å². The molecule has 0 fully saturated rings. The molecule has 0 saturated heterocycles. The van der Waals surface area contributed by atoms with Gasteiger partial charge in [-0.05, 0) is 74.5 Å². The third-order valence-electron chi connectivity index (χ3n) is 4.28. The fraction of sp³-hybridized carbons (Fsp3) is 0.400. The molecule has 0 amide bonds. The van der Waals surface area contributed by atoms with E-state index in [0.29, 0.717) is 5.75 Å². The number of hydrogen-bond acceptors (Lipinski definition) is 3. The maximum Gasteiger partial charge on any atom is 0.121 e. The molecule has 0 saturated carbocycles. The molecule has 2 unspecified atom stereocenters. The first-order valence-corrected chi connectivity index (χ1v) is 8.24. The Labute approximate surface area is 139 Å². The van der Waals surface area contributed by atoms with Crippen LogP contribution >= 0.6 is 0 Å². The molecular weight excluding hydrogens is 286 g/mol. The molecule has 3 N–H and O–H groups in total. The summed E-state index contributed by atoms with van der Waals surface area (Å²) in [6, 6.07) is 14.1. The Balaban J connectivity index is 1.84. The van der Waals surface area contributed by atoms with Crippen LogP contribution in [0.2, 0.25) is 0 Å². The highest BCUT2D eigenvalue weighted by Crippen LogP contribution is 2.27. The van der Waals surface area contributed by atoms with Crippen LogP contribution in [0.15, 0.2) is 42.5 Å². The van der Waals surface area contributed by atoms with E-state index in [1.807, 2.05) is 39.0 Å². The van der Waals surface area contributed by atoms with Gasteiger partial charge in [0.05, 0.1) is 6.10 Å². The maximum absolute atomic E-state index is 10.5. The lowest BCUT2D eigenvalue weighted by atomic mass is 9.98. The summed E-state index contributed by atoms with van der Waals surface area (Å²) in [6.07, 6.45) is 1.49. The standard InChI is InChI=1S/C20H27NO2/c1-14-12-18(13-15(2)19(14)22)20(23)16(3)21-11-7-10-17-8-5-4-6-9-17/h4-6,8-9,12-13,16,20-23H,7,10-11H2,1-3H3. The summed E-state index contributed by atoms with van der Waals surface area (Å²) in [6.45, 7) is 6.57. The molecule has 2 aromatic rings. The van der Waals surface area contributed by atoms with Crippen molar-refractivity contribution in [3.05, 3.63) is 64.7 Å². The number of aliphatic hydroxyl groups is 1. The van der Waals surface area contributed by atoms with Crippen molar-refractivity contribution in [1.29, 1.82) is 0 Å². The molecule has 0 aliphatic rings. The van der Waals surface area contributed by atoms with Gasteiger partial charge in [-0.1, -0.05) is 30.3 Å².